The molecule has 3 rings (SSSR count). The smallest absolute Gasteiger partial charge is 0.124 e. The van der Waals surface area contributed by atoms with Gasteiger partial charge in [-0.15, -0.1) is 11.6 Å². The summed E-state index contributed by atoms with van der Waals surface area (Å²) in [6.45, 7) is 0.723. The second-order valence-corrected chi connectivity index (χ2v) is 4.73. The molecule has 0 radical (unpaired) electrons. The van der Waals surface area contributed by atoms with Crippen molar-refractivity contribution in [3.63, 3.8) is 0 Å². The molecular formula is C15H12ClN3O. The number of fused-ring (bicyclic) bond motifs is 1. The number of aromatic nitrogens is 2. The SMILES string of the molecule is N#Cc1ccc2nc(CCl)n(CCc3ccco3)c2c1. The summed E-state index contributed by atoms with van der Waals surface area (Å²) >= 11 is 5.97. The zero-order valence-electron chi connectivity index (χ0n) is 10.7. The molecule has 0 aliphatic heterocycles. The van der Waals surface area contributed by atoms with Crippen molar-refractivity contribution < 1.29 is 4.42 Å². The Morgan fingerprint density at radius 2 is 2.25 bits per heavy atom. The Labute approximate surface area is 121 Å². The van der Waals surface area contributed by atoms with E-state index in [1.807, 2.05) is 28.8 Å². The number of alkyl halides is 1. The lowest BCUT2D eigenvalue weighted by Gasteiger charge is -2.06. The van der Waals surface area contributed by atoms with E-state index in [9.17, 15) is 0 Å². The average Bonchev–Trinajstić information content (AvgIpc) is 3.11. The molecule has 5 heteroatoms. The molecule has 1 aromatic carbocycles. The molecule has 0 aliphatic rings. The van der Waals surface area contributed by atoms with Gasteiger partial charge < -0.3 is 8.98 Å². The van der Waals surface area contributed by atoms with E-state index in [4.69, 9.17) is 21.3 Å². The van der Waals surface area contributed by atoms with Crippen LogP contribution in [-0.4, -0.2) is 9.55 Å². The van der Waals surface area contributed by atoms with Crippen LogP contribution in [0.3, 0.4) is 0 Å². The Balaban J connectivity index is 2.00. The molecule has 3 aromatic rings. The third kappa shape index (κ3) is 2.28. The molecule has 2 heterocycles. The maximum atomic E-state index is 9.01. The fraction of sp³-hybridized carbons (Fsp3) is 0.200. The van der Waals surface area contributed by atoms with Gasteiger partial charge in [0.15, 0.2) is 0 Å². The van der Waals surface area contributed by atoms with Gasteiger partial charge in [0.05, 0.1) is 34.8 Å². The van der Waals surface area contributed by atoms with Gasteiger partial charge in [-0.3, -0.25) is 0 Å². The Morgan fingerprint density at radius 1 is 1.35 bits per heavy atom. The summed E-state index contributed by atoms with van der Waals surface area (Å²) in [5.74, 6) is 2.07. The largest absolute Gasteiger partial charge is 0.469 e. The van der Waals surface area contributed by atoms with E-state index in [1.54, 1.807) is 12.3 Å². The van der Waals surface area contributed by atoms with Crippen LogP contribution in [0.1, 0.15) is 17.1 Å². The Bertz CT molecular complexity index is 768. The molecule has 100 valence electrons. The number of nitriles is 1. The molecule has 0 amide bonds. The fourth-order valence-corrected chi connectivity index (χ4v) is 2.47. The van der Waals surface area contributed by atoms with Crippen molar-refractivity contribution in [1.82, 2.24) is 9.55 Å². The second-order valence-electron chi connectivity index (χ2n) is 4.46. The second kappa shape index (κ2) is 5.40. The van der Waals surface area contributed by atoms with Crippen molar-refractivity contribution in [2.75, 3.05) is 0 Å². The molecule has 0 fully saturated rings. The maximum Gasteiger partial charge on any atom is 0.124 e. The first-order valence-corrected chi connectivity index (χ1v) is 6.83. The van der Waals surface area contributed by atoms with Crippen LogP contribution in [0.25, 0.3) is 11.0 Å². The predicted molar refractivity (Wildman–Crippen MR) is 76.4 cm³/mol. The number of halogens is 1. The van der Waals surface area contributed by atoms with E-state index >= 15 is 0 Å². The third-order valence-electron chi connectivity index (χ3n) is 3.24. The minimum Gasteiger partial charge on any atom is -0.469 e. The normalized spacial score (nSPS) is 10.8. The monoisotopic (exact) mass is 285 g/mol. The van der Waals surface area contributed by atoms with Crippen LogP contribution < -0.4 is 0 Å². The van der Waals surface area contributed by atoms with Gasteiger partial charge in [0.1, 0.15) is 11.6 Å². The summed E-state index contributed by atoms with van der Waals surface area (Å²) in [5.41, 5.74) is 2.42. The van der Waals surface area contributed by atoms with Gasteiger partial charge in [-0.05, 0) is 30.3 Å². The van der Waals surface area contributed by atoms with Gasteiger partial charge in [0, 0.05) is 13.0 Å². The van der Waals surface area contributed by atoms with Gasteiger partial charge in [-0.1, -0.05) is 0 Å². The van der Waals surface area contributed by atoms with Crippen LogP contribution in [0.4, 0.5) is 0 Å². The zero-order chi connectivity index (χ0) is 13.9. The van der Waals surface area contributed by atoms with E-state index < -0.39 is 0 Å². The molecule has 0 spiro atoms. The number of hydrogen-bond donors (Lipinski definition) is 0. The number of hydrogen-bond acceptors (Lipinski definition) is 3. The first-order valence-electron chi connectivity index (χ1n) is 6.29. The molecule has 0 saturated carbocycles. The number of benzene rings is 1. The van der Waals surface area contributed by atoms with Crippen LogP contribution in [0.15, 0.2) is 41.0 Å². The van der Waals surface area contributed by atoms with Crippen LogP contribution in [0.2, 0.25) is 0 Å². The van der Waals surface area contributed by atoms with E-state index in [0.29, 0.717) is 11.4 Å². The predicted octanol–water partition coefficient (Wildman–Crippen LogP) is 3.48. The van der Waals surface area contributed by atoms with Crippen molar-refractivity contribution in [3.05, 3.63) is 53.7 Å². The Morgan fingerprint density at radius 3 is 2.95 bits per heavy atom. The summed E-state index contributed by atoms with van der Waals surface area (Å²) in [7, 11) is 0. The van der Waals surface area contributed by atoms with E-state index in [0.717, 1.165) is 35.6 Å². The van der Waals surface area contributed by atoms with Crippen molar-refractivity contribution in [3.8, 4) is 6.07 Å². The summed E-state index contributed by atoms with van der Waals surface area (Å²) in [4.78, 5) is 4.50. The fourth-order valence-electron chi connectivity index (χ4n) is 2.27. The van der Waals surface area contributed by atoms with E-state index in [2.05, 4.69) is 11.1 Å². The van der Waals surface area contributed by atoms with E-state index in [1.165, 1.54) is 0 Å². The summed E-state index contributed by atoms with van der Waals surface area (Å²) in [6.07, 6.45) is 2.43. The van der Waals surface area contributed by atoms with Gasteiger partial charge in [-0.25, -0.2) is 4.98 Å². The van der Waals surface area contributed by atoms with Crippen molar-refractivity contribution in [2.24, 2.45) is 0 Å². The highest BCUT2D eigenvalue weighted by Crippen LogP contribution is 2.20. The molecule has 2 aromatic heterocycles. The Hall–Kier alpha value is -2.25. The standard InChI is InChI=1S/C15H12ClN3O/c16-9-15-18-13-4-3-11(10-17)8-14(13)19(15)6-5-12-2-1-7-20-12/h1-4,7-8H,5-6,9H2. The Kier molecular flexibility index (Phi) is 3.44. The van der Waals surface area contributed by atoms with Crippen molar-refractivity contribution in [1.29, 1.82) is 5.26 Å². The molecule has 0 saturated heterocycles. The number of aryl methyl sites for hydroxylation is 2. The first kappa shape index (κ1) is 12.8. The van der Waals surface area contributed by atoms with Gasteiger partial charge in [0.25, 0.3) is 0 Å². The molecule has 0 atom stereocenters. The topological polar surface area (TPSA) is 54.8 Å². The molecular weight excluding hydrogens is 274 g/mol. The van der Waals surface area contributed by atoms with Crippen LogP contribution >= 0.6 is 11.6 Å². The molecule has 0 aliphatic carbocycles. The molecule has 0 bridgehead atoms. The lowest BCUT2D eigenvalue weighted by molar-refractivity contribution is 0.491. The summed E-state index contributed by atoms with van der Waals surface area (Å²) < 4.78 is 7.39. The highest BCUT2D eigenvalue weighted by molar-refractivity contribution is 6.16. The van der Waals surface area contributed by atoms with Crippen molar-refractivity contribution in [2.45, 2.75) is 18.8 Å². The lowest BCUT2D eigenvalue weighted by Crippen LogP contribution is -2.04. The quantitative estimate of drug-likeness (QED) is 0.690. The highest BCUT2D eigenvalue weighted by Gasteiger charge is 2.11. The van der Waals surface area contributed by atoms with Gasteiger partial charge in [-0.2, -0.15) is 5.26 Å². The van der Waals surface area contributed by atoms with Crippen LogP contribution in [0, 0.1) is 11.3 Å². The average molecular weight is 286 g/mol. The number of nitrogens with zero attached hydrogens (tertiary/aromatic N) is 3. The van der Waals surface area contributed by atoms with Crippen molar-refractivity contribution >= 4 is 22.6 Å². The maximum absolute atomic E-state index is 9.01. The number of rotatable bonds is 4. The molecule has 4 nitrogen and oxygen atoms in total. The first-order chi connectivity index (χ1) is 9.81. The lowest BCUT2D eigenvalue weighted by atomic mass is 10.2. The van der Waals surface area contributed by atoms with E-state index in [-0.39, 0.29) is 0 Å². The number of furan rings is 1. The van der Waals surface area contributed by atoms with Gasteiger partial charge in [0.2, 0.25) is 0 Å². The molecule has 0 unspecified atom stereocenters. The zero-order valence-corrected chi connectivity index (χ0v) is 11.5. The minimum atomic E-state index is 0.342. The minimum absolute atomic E-state index is 0.342. The van der Waals surface area contributed by atoms with Crippen LogP contribution in [0.5, 0.6) is 0 Å². The summed E-state index contributed by atoms with van der Waals surface area (Å²) in [5, 5.41) is 9.01. The number of imidazole rings is 1. The summed E-state index contributed by atoms with van der Waals surface area (Å²) in [6, 6.07) is 11.4. The molecule has 0 N–H and O–H groups in total. The van der Waals surface area contributed by atoms with Crippen LogP contribution in [-0.2, 0) is 18.8 Å². The third-order valence-corrected chi connectivity index (χ3v) is 3.48. The highest BCUT2D eigenvalue weighted by atomic mass is 35.5. The molecule has 20 heavy (non-hydrogen) atoms. The van der Waals surface area contributed by atoms with Gasteiger partial charge >= 0.3 is 0 Å².